The maximum Gasteiger partial charge on any atom is 0.433 e. The molecular weight excluding hydrogens is 299 g/mol. The Hall–Kier alpha value is -2.51. The van der Waals surface area contributed by atoms with E-state index in [1.165, 1.54) is 0 Å². The third-order valence-corrected chi connectivity index (χ3v) is 2.95. The van der Waals surface area contributed by atoms with E-state index < -0.39 is 11.9 Å². The normalized spacial score (nSPS) is 14.3. The van der Waals surface area contributed by atoms with Gasteiger partial charge in [-0.05, 0) is 18.2 Å². The zero-order valence-electron chi connectivity index (χ0n) is 11.4. The average Bonchev–Trinajstić information content (AvgIpc) is 2.71. The standard InChI is InChI=1S/C14H12F3N3O2/c15-14(16,17)12-4-5-18-13(20-12)19-9-2-3-10-11(8-9)22-7-1-6-21-10/h2-5,8H,1,6-7H2,(H,18,19,20). The Morgan fingerprint density at radius 2 is 1.82 bits per heavy atom. The molecule has 0 saturated heterocycles. The van der Waals surface area contributed by atoms with Crippen molar-refractivity contribution in [3.63, 3.8) is 0 Å². The Morgan fingerprint density at radius 3 is 2.59 bits per heavy atom. The SMILES string of the molecule is FC(F)(F)c1ccnc(Nc2ccc3c(c2)OCCCO3)n1. The van der Waals surface area contributed by atoms with Crippen molar-refractivity contribution in [2.24, 2.45) is 0 Å². The predicted molar refractivity (Wildman–Crippen MR) is 72.4 cm³/mol. The highest BCUT2D eigenvalue weighted by molar-refractivity contribution is 5.59. The van der Waals surface area contributed by atoms with E-state index in [1.807, 2.05) is 0 Å². The molecule has 22 heavy (non-hydrogen) atoms. The molecule has 0 unspecified atom stereocenters. The van der Waals surface area contributed by atoms with Crippen LogP contribution >= 0.6 is 0 Å². The number of hydrogen-bond acceptors (Lipinski definition) is 5. The van der Waals surface area contributed by atoms with Gasteiger partial charge in [-0.15, -0.1) is 0 Å². The number of nitrogens with zero attached hydrogens (tertiary/aromatic N) is 2. The molecule has 1 aromatic heterocycles. The third-order valence-electron chi connectivity index (χ3n) is 2.95. The number of alkyl halides is 3. The fraction of sp³-hybridized carbons (Fsp3) is 0.286. The van der Waals surface area contributed by atoms with Crippen molar-refractivity contribution in [3.8, 4) is 11.5 Å². The molecular formula is C14H12F3N3O2. The second-order valence-electron chi connectivity index (χ2n) is 4.60. The summed E-state index contributed by atoms with van der Waals surface area (Å²) in [7, 11) is 0. The summed E-state index contributed by atoms with van der Waals surface area (Å²) in [5.41, 5.74) is -0.483. The minimum absolute atomic E-state index is 0.135. The molecule has 1 N–H and O–H groups in total. The Kier molecular flexibility index (Phi) is 3.74. The molecule has 2 heterocycles. The topological polar surface area (TPSA) is 56.3 Å². The minimum Gasteiger partial charge on any atom is -0.490 e. The van der Waals surface area contributed by atoms with Crippen LogP contribution in [0, 0.1) is 0 Å². The fourth-order valence-corrected chi connectivity index (χ4v) is 1.95. The molecule has 0 aliphatic carbocycles. The van der Waals surface area contributed by atoms with Crippen LogP contribution in [0.3, 0.4) is 0 Å². The number of halogens is 3. The molecule has 0 saturated carbocycles. The van der Waals surface area contributed by atoms with Gasteiger partial charge < -0.3 is 14.8 Å². The van der Waals surface area contributed by atoms with Gasteiger partial charge in [0.25, 0.3) is 0 Å². The van der Waals surface area contributed by atoms with Crippen molar-refractivity contribution in [1.29, 1.82) is 0 Å². The van der Waals surface area contributed by atoms with Crippen LogP contribution in [-0.2, 0) is 6.18 Å². The van der Waals surface area contributed by atoms with Crippen LogP contribution in [0.1, 0.15) is 12.1 Å². The highest BCUT2D eigenvalue weighted by atomic mass is 19.4. The maximum atomic E-state index is 12.6. The van der Waals surface area contributed by atoms with Crippen LogP contribution < -0.4 is 14.8 Å². The smallest absolute Gasteiger partial charge is 0.433 e. The van der Waals surface area contributed by atoms with Crippen molar-refractivity contribution in [2.45, 2.75) is 12.6 Å². The lowest BCUT2D eigenvalue weighted by Gasteiger charge is -2.11. The van der Waals surface area contributed by atoms with E-state index in [1.54, 1.807) is 18.2 Å². The Balaban J connectivity index is 1.83. The molecule has 0 atom stereocenters. The van der Waals surface area contributed by atoms with Crippen molar-refractivity contribution in [1.82, 2.24) is 9.97 Å². The van der Waals surface area contributed by atoms with Crippen LogP contribution in [0.25, 0.3) is 0 Å². The fourth-order valence-electron chi connectivity index (χ4n) is 1.95. The van der Waals surface area contributed by atoms with Crippen molar-refractivity contribution >= 4 is 11.6 Å². The number of fused-ring (bicyclic) bond motifs is 1. The van der Waals surface area contributed by atoms with Gasteiger partial charge in [0.1, 0.15) is 5.69 Å². The molecule has 1 aromatic carbocycles. The van der Waals surface area contributed by atoms with Crippen LogP contribution in [0.15, 0.2) is 30.5 Å². The van der Waals surface area contributed by atoms with E-state index in [2.05, 4.69) is 15.3 Å². The second-order valence-corrected chi connectivity index (χ2v) is 4.60. The minimum atomic E-state index is -4.51. The van der Waals surface area contributed by atoms with Gasteiger partial charge in [-0.25, -0.2) is 9.97 Å². The zero-order valence-corrected chi connectivity index (χ0v) is 11.4. The summed E-state index contributed by atoms with van der Waals surface area (Å²) in [5, 5.41) is 2.73. The summed E-state index contributed by atoms with van der Waals surface area (Å²) in [5.74, 6) is 1.01. The molecule has 0 radical (unpaired) electrons. The molecule has 0 bridgehead atoms. The number of benzene rings is 1. The predicted octanol–water partition coefficient (Wildman–Crippen LogP) is 3.40. The van der Waals surface area contributed by atoms with E-state index in [0.717, 1.165) is 18.7 Å². The van der Waals surface area contributed by atoms with Crippen molar-refractivity contribution < 1.29 is 22.6 Å². The Morgan fingerprint density at radius 1 is 1.05 bits per heavy atom. The summed E-state index contributed by atoms with van der Waals surface area (Å²) in [6.07, 6.45) is -2.68. The molecule has 3 rings (SSSR count). The molecule has 1 aliphatic heterocycles. The largest absolute Gasteiger partial charge is 0.490 e. The van der Waals surface area contributed by atoms with Crippen LogP contribution in [0.5, 0.6) is 11.5 Å². The van der Waals surface area contributed by atoms with Gasteiger partial charge in [-0.2, -0.15) is 13.2 Å². The highest BCUT2D eigenvalue weighted by Gasteiger charge is 2.32. The number of aromatic nitrogens is 2. The highest BCUT2D eigenvalue weighted by Crippen LogP contribution is 2.33. The van der Waals surface area contributed by atoms with E-state index >= 15 is 0 Å². The van der Waals surface area contributed by atoms with Crippen LogP contribution in [0.2, 0.25) is 0 Å². The molecule has 0 amide bonds. The van der Waals surface area contributed by atoms with Gasteiger partial charge in [0.2, 0.25) is 5.95 Å². The van der Waals surface area contributed by atoms with E-state index in [0.29, 0.717) is 30.4 Å². The zero-order chi connectivity index (χ0) is 15.6. The first kappa shape index (κ1) is 14.4. The lowest BCUT2D eigenvalue weighted by Crippen LogP contribution is -2.10. The Bertz CT molecular complexity index is 677. The summed E-state index contributed by atoms with van der Waals surface area (Å²) in [6.45, 7) is 1.09. The van der Waals surface area contributed by atoms with E-state index in [4.69, 9.17) is 9.47 Å². The second kappa shape index (κ2) is 5.70. The molecule has 5 nitrogen and oxygen atoms in total. The third kappa shape index (κ3) is 3.21. The number of hydrogen-bond donors (Lipinski definition) is 1. The molecule has 2 aromatic rings. The van der Waals surface area contributed by atoms with E-state index in [-0.39, 0.29) is 5.95 Å². The number of nitrogens with one attached hydrogen (secondary N) is 1. The number of ether oxygens (including phenoxy) is 2. The number of anilines is 2. The maximum absolute atomic E-state index is 12.6. The lowest BCUT2D eigenvalue weighted by atomic mass is 10.3. The average molecular weight is 311 g/mol. The van der Waals surface area contributed by atoms with Gasteiger partial charge in [0, 0.05) is 24.4 Å². The van der Waals surface area contributed by atoms with Crippen molar-refractivity contribution in [3.05, 3.63) is 36.2 Å². The number of rotatable bonds is 2. The van der Waals surface area contributed by atoms with Gasteiger partial charge >= 0.3 is 6.18 Å². The van der Waals surface area contributed by atoms with Gasteiger partial charge in [-0.3, -0.25) is 0 Å². The molecule has 0 spiro atoms. The van der Waals surface area contributed by atoms with Gasteiger partial charge in [0.05, 0.1) is 13.2 Å². The summed E-state index contributed by atoms with van der Waals surface area (Å²) >= 11 is 0. The van der Waals surface area contributed by atoms with Crippen LogP contribution in [-0.4, -0.2) is 23.2 Å². The summed E-state index contributed by atoms with van der Waals surface area (Å²) < 4.78 is 48.9. The lowest BCUT2D eigenvalue weighted by molar-refractivity contribution is -0.141. The first-order valence-electron chi connectivity index (χ1n) is 6.59. The quantitative estimate of drug-likeness (QED) is 0.921. The monoisotopic (exact) mass is 311 g/mol. The molecule has 1 aliphatic rings. The Labute approximate surface area is 124 Å². The first-order valence-corrected chi connectivity index (χ1v) is 6.59. The summed E-state index contributed by atoms with van der Waals surface area (Å²) in [4.78, 5) is 7.24. The summed E-state index contributed by atoms with van der Waals surface area (Å²) in [6, 6.07) is 5.82. The van der Waals surface area contributed by atoms with Gasteiger partial charge in [0.15, 0.2) is 11.5 Å². The first-order chi connectivity index (χ1) is 10.5. The molecule has 8 heteroatoms. The van der Waals surface area contributed by atoms with Crippen molar-refractivity contribution in [2.75, 3.05) is 18.5 Å². The van der Waals surface area contributed by atoms with E-state index in [9.17, 15) is 13.2 Å². The molecule has 116 valence electrons. The molecule has 0 fully saturated rings. The van der Waals surface area contributed by atoms with Crippen LogP contribution in [0.4, 0.5) is 24.8 Å². The van der Waals surface area contributed by atoms with Gasteiger partial charge in [-0.1, -0.05) is 0 Å².